The normalized spacial score (nSPS) is 14.8. The Labute approximate surface area is 193 Å². The highest BCUT2D eigenvalue weighted by molar-refractivity contribution is 5.94. The first-order valence-electron chi connectivity index (χ1n) is 10.9. The van der Waals surface area contributed by atoms with Gasteiger partial charge in [0.25, 0.3) is 5.91 Å². The largest absolute Gasteiger partial charge is 0.504 e. The number of ether oxygens (including phenoxy) is 2. The molecular weight excluding hydrogens is 422 g/mol. The monoisotopic (exact) mass is 451 g/mol. The number of phenols is 1. The highest BCUT2D eigenvalue weighted by Crippen LogP contribution is 2.27. The number of phenolic OH excluding ortho intramolecular Hbond substituents is 1. The molecule has 1 aliphatic heterocycles. The lowest BCUT2D eigenvalue weighted by molar-refractivity contribution is 0.0937. The van der Waals surface area contributed by atoms with E-state index in [4.69, 9.17) is 9.47 Å². The number of hydrogen-bond donors (Lipinski definition) is 2. The van der Waals surface area contributed by atoms with Crippen LogP contribution in [0.3, 0.4) is 0 Å². The van der Waals surface area contributed by atoms with Crippen molar-refractivity contribution in [1.29, 1.82) is 0 Å². The molecule has 33 heavy (non-hydrogen) atoms. The van der Waals surface area contributed by atoms with Gasteiger partial charge >= 0.3 is 0 Å². The molecule has 1 amide bonds. The summed E-state index contributed by atoms with van der Waals surface area (Å²) < 4.78 is 12.5. The molecule has 0 saturated heterocycles. The van der Waals surface area contributed by atoms with Gasteiger partial charge in [-0.1, -0.05) is 12.1 Å². The third kappa shape index (κ3) is 5.09. The number of amides is 1. The number of rotatable bonds is 7. The maximum absolute atomic E-state index is 12.7. The fraction of sp³-hybridized carbons (Fsp3) is 0.375. The van der Waals surface area contributed by atoms with Crippen molar-refractivity contribution in [3.8, 4) is 17.2 Å². The van der Waals surface area contributed by atoms with Gasteiger partial charge in [0.15, 0.2) is 17.3 Å². The number of hydrogen-bond acceptors (Lipinski definition) is 7. The molecule has 1 aliphatic rings. The summed E-state index contributed by atoms with van der Waals surface area (Å²) in [6.45, 7) is 5.04. The summed E-state index contributed by atoms with van der Waals surface area (Å²) in [5.41, 5.74) is 1.61. The number of nitrogens with one attached hydrogen (secondary N) is 1. The van der Waals surface area contributed by atoms with E-state index in [0.717, 1.165) is 49.8 Å². The number of benzene rings is 2. The van der Waals surface area contributed by atoms with Crippen LogP contribution in [0.1, 0.15) is 40.5 Å². The van der Waals surface area contributed by atoms with Crippen molar-refractivity contribution in [2.45, 2.75) is 32.5 Å². The van der Waals surface area contributed by atoms with Gasteiger partial charge in [0.05, 0.1) is 20.3 Å². The Hall–Kier alpha value is -3.59. The molecule has 0 saturated carbocycles. The highest BCUT2D eigenvalue weighted by Gasteiger charge is 2.23. The van der Waals surface area contributed by atoms with Crippen LogP contribution < -0.4 is 14.8 Å². The number of aromatic hydroxyl groups is 1. The average Bonchev–Trinajstić information content (AvgIpc) is 3.14. The number of nitrogens with zero attached hydrogens (tertiary/aromatic N) is 4. The van der Waals surface area contributed by atoms with Gasteiger partial charge < -0.3 is 24.5 Å². The minimum atomic E-state index is -0.294. The predicted molar refractivity (Wildman–Crippen MR) is 123 cm³/mol. The minimum Gasteiger partial charge on any atom is -0.504 e. The first kappa shape index (κ1) is 22.6. The second-order valence-electron chi connectivity index (χ2n) is 8.09. The first-order valence-corrected chi connectivity index (χ1v) is 10.9. The van der Waals surface area contributed by atoms with Crippen LogP contribution in [0.25, 0.3) is 0 Å². The summed E-state index contributed by atoms with van der Waals surface area (Å²) >= 11 is 0. The van der Waals surface area contributed by atoms with E-state index in [9.17, 15) is 9.90 Å². The van der Waals surface area contributed by atoms with Gasteiger partial charge in [-0.3, -0.25) is 9.69 Å². The Bertz CT molecular complexity index is 1130. The molecule has 0 fully saturated rings. The van der Waals surface area contributed by atoms with Crippen molar-refractivity contribution in [1.82, 2.24) is 25.0 Å². The van der Waals surface area contributed by atoms with E-state index in [1.165, 1.54) is 0 Å². The van der Waals surface area contributed by atoms with Gasteiger partial charge in [0.2, 0.25) is 0 Å². The fourth-order valence-electron chi connectivity index (χ4n) is 4.05. The van der Waals surface area contributed by atoms with Crippen LogP contribution in [0.5, 0.6) is 17.2 Å². The lowest BCUT2D eigenvalue weighted by atomic mass is 10.2. The summed E-state index contributed by atoms with van der Waals surface area (Å²) in [5, 5.41) is 21.6. The van der Waals surface area contributed by atoms with Crippen molar-refractivity contribution in [2.24, 2.45) is 0 Å². The van der Waals surface area contributed by atoms with E-state index < -0.39 is 0 Å². The van der Waals surface area contributed by atoms with Crippen LogP contribution in [0.15, 0.2) is 42.5 Å². The highest BCUT2D eigenvalue weighted by atomic mass is 16.5. The summed E-state index contributed by atoms with van der Waals surface area (Å²) in [6, 6.07) is 12.2. The molecular formula is C24H29N5O4. The molecule has 1 aromatic heterocycles. The lowest BCUT2D eigenvalue weighted by Crippen LogP contribution is -2.30. The molecule has 1 atom stereocenters. The molecule has 1 unspecified atom stereocenters. The van der Waals surface area contributed by atoms with Gasteiger partial charge in [0, 0.05) is 38.2 Å². The van der Waals surface area contributed by atoms with Gasteiger partial charge in [-0.05, 0) is 42.8 Å². The Morgan fingerprint density at radius 1 is 1.12 bits per heavy atom. The molecule has 2 N–H and O–H groups in total. The van der Waals surface area contributed by atoms with E-state index in [-0.39, 0.29) is 17.7 Å². The minimum absolute atomic E-state index is 0.137. The van der Waals surface area contributed by atoms with Gasteiger partial charge in [-0.15, -0.1) is 10.2 Å². The number of methoxy groups -OCH3 is 2. The second kappa shape index (κ2) is 9.91. The Morgan fingerprint density at radius 3 is 2.76 bits per heavy atom. The molecule has 4 rings (SSSR count). The Morgan fingerprint density at radius 2 is 1.97 bits per heavy atom. The third-order valence-corrected chi connectivity index (χ3v) is 5.86. The quantitative estimate of drug-likeness (QED) is 0.569. The van der Waals surface area contributed by atoms with Crippen molar-refractivity contribution in [3.05, 3.63) is 65.2 Å². The standard InChI is InChI=1S/C24H29N5O4/c1-16(25-24(31)18-5-4-6-19(14-18)32-2)23-27-26-22-9-10-28(11-12-29(22)23)15-17-7-8-20(30)21(13-17)33-3/h4-8,13-14,16,30H,9-12,15H2,1-3H3,(H,25,31). The van der Waals surface area contributed by atoms with Crippen LogP contribution in [-0.4, -0.2) is 58.0 Å². The SMILES string of the molecule is COc1cccc(C(=O)NC(C)c2nnc3n2CCN(Cc2ccc(O)c(OC)c2)CC3)c1. The van der Waals surface area contributed by atoms with E-state index in [0.29, 0.717) is 17.1 Å². The molecule has 0 aliphatic carbocycles. The van der Waals surface area contributed by atoms with Crippen LogP contribution in [0.2, 0.25) is 0 Å². The summed E-state index contributed by atoms with van der Waals surface area (Å²) in [6.07, 6.45) is 0.763. The maximum Gasteiger partial charge on any atom is 0.251 e. The zero-order valence-corrected chi connectivity index (χ0v) is 19.1. The van der Waals surface area contributed by atoms with Crippen LogP contribution in [0, 0.1) is 0 Å². The molecule has 2 heterocycles. The molecule has 0 bridgehead atoms. The number of aromatic nitrogens is 3. The van der Waals surface area contributed by atoms with Gasteiger partial charge in [0.1, 0.15) is 11.6 Å². The van der Waals surface area contributed by atoms with Gasteiger partial charge in [-0.2, -0.15) is 0 Å². The van der Waals surface area contributed by atoms with E-state index in [1.54, 1.807) is 44.6 Å². The third-order valence-electron chi connectivity index (χ3n) is 5.86. The molecule has 9 nitrogen and oxygen atoms in total. The fourth-order valence-corrected chi connectivity index (χ4v) is 4.05. The lowest BCUT2D eigenvalue weighted by Gasteiger charge is -2.20. The van der Waals surface area contributed by atoms with Crippen LogP contribution in [-0.2, 0) is 19.5 Å². The number of carbonyl (C=O) groups excluding carboxylic acids is 1. The average molecular weight is 452 g/mol. The maximum atomic E-state index is 12.7. The van der Waals surface area contributed by atoms with Crippen LogP contribution >= 0.6 is 0 Å². The van der Waals surface area contributed by atoms with Crippen LogP contribution in [0.4, 0.5) is 0 Å². The van der Waals surface area contributed by atoms with Crippen molar-refractivity contribution in [2.75, 3.05) is 27.3 Å². The van der Waals surface area contributed by atoms with E-state index >= 15 is 0 Å². The molecule has 9 heteroatoms. The van der Waals surface area contributed by atoms with Gasteiger partial charge in [-0.25, -0.2) is 0 Å². The predicted octanol–water partition coefficient (Wildman–Crippen LogP) is 2.55. The summed E-state index contributed by atoms with van der Waals surface area (Å²) in [5.74, 6) is 2.72. The molecule has 3 aromatic rings. The number of fused-ring (bicyclic) bond motifs is 1. The molecule has 2 aromatic carbocycles. The smallest absolute Gasteiger partial charge is 0.251 e. The zero-order valence-electron chi connectivity index (χ0n) is 19.1. The zero-order chi connectivity index (χ0) is 23.4. The Balaban J connectivity index is 1.42. The van der Waals surface area contributed by atoms with Crippen molar-refractivity contribution in [3.63, 3.8) is 0 Å². The van der Waals surface area contributed by atoms with Crippen molar-refractivity contribution < 1.29 is 19.4 Å². The molecule has 174 valence electrons. The van der Waals surface area contributed by atoms with Crippen molar-refractivity contribution >= 4 is 5.91 Å². The number of carbonyl (C=O) groups is 1. The second-order valence-corrected chi connectivity index (χ2v) is 8.09. The van der Waals surface area contributed by atoms with E-state index in [1.807, 2.05) is 19.1 Å². The summed E-state index contributed by atoms with van der Waals surface area (Å²) in [4.78, 5) is 15.1. The Kier molecular flexibility index (Phi) is 6.79. The topological polar surface area (TPSA) is 102 Å². The first-order chi connectivity index (χ1) is 16.0. The summed E-state index contributed by atoms with van der Waals surface area (Å²) in [7, 11) is 3.12. The van der Waals surface area contributed by atoms with E-state index in [2.05, 4.69) is 25.0 Å². The molecule has 0 radical (unpaired) electrons. The molecule has 0 spiro atoms.